The van der Waals surface area contributed by atoms with Crippen LogP contribution in [0.25, 0.3) is 0 Å². The van der Waals surface area contributed by atoms with Crippen molar-refractivity contribution >= 4 is 5.82 Å². The third kappa shape index (κ3) is 3.95. The molecule has 1 atom stereocenters. The molecule has 3 rings (SSSR count). The van der Waals surface area contributed by atoms with E-state index in [1.807, 2.05) is 4.90 Å². The van der Waals surface area contributed by atoms with Gasteiger partial charge in [0, 0.05) is 25.8 Å². The van der Waals surface area contributed by atoms with Gasteiger partial charge < -0.3 is 14.9 Å². The van der Waals surface area contributed by atoms with E-state index in [-0.39, 0.29) is 0 Å². The highest BCUT2D eigenvalue weighted by molar-refractivity contribution is 5.42. The first kappa shape index (κ1) is 16.5. The summed E-state index contributed by atoms with van der Waals surface area (Å²) in [6.45, 7) is 3.69. The molecule has 0 bridgehead atoms. The summed E-state index contributed by atoms with van der Waals surface area (Å²) >= 11 is 0. The van der Waals surface area contributed by atoms with Gasteiger partial charge in [0.1, 0.15) is 5.82 Å². The second kappa shape index (κ2) is 6.28. The first-order valence-corrected chi connectivity index (χ1v) is 8.09. The van der Waals surface area contributed by atoms with Gasteiger partial charge in [0.05, 0.1) is 11.2 Å². The van der Waals surface area contributed by atoms with Gasteiger partial charge in [-0.3, -0.25) is 0 Å². The number of halogens is 3. The maximum absolute atomic E-state index is 12.6. The predicted octanol–water partition coefficient (Wildman–Crippen LogP) is 2.53. The van der Waals surface area contributed by atoms with Crippen LogP contribution in [0.2, 0.25) is 0 Å². The Balaban J connectivity index is 1.62. The van der Waals surface area contributed by atoms with E-state index in [9.17, 15) is 18.3 Å². The van der Waals surface area contributed by atoms with Gasteiger partial charge in [0.15, 0.2) is 0 Å². The fourth-order valence-corrected chi connectivity index (χ4v) is 3.46. The van der Waals surface area contributed by atoms with Gasteiger partial charge in [-0.15, -0.1) is 0 Å². The summed E-state index contributed by atoms with van der Waals surface area (Å²) in [5, 5.41) is 10.8. The summed E-state index contributed by atoms with van der Waals surface area (Å²) in [5.41, 5.74) is -1.55. The largest absolute Gasteiger partial charge is 0.417 e. The van der Waals surface area contributed by atoms with Crippen LogP contribution in [0.3, 0.4) is 0 Å². The third-order valence-electron chi connectivity index (χ3n) is 4.70. The van der Waals surface area contributed by atoms with Crippen LogP contribution >= 0.6 is 0 Å². The first-order valence-electron chi connectivity index (χ1n) is 8.09. The highest BCUT2D eigenvalue weighted by Crippen LogP contribution is 2.31. The van der Waals surface area contributed by atoms with Gasteiger partial charge in [-0.25, -0.2) is 4.98 Å². The van der Waals surface area contributed by atoms with Crippen molar-refractivity contribution < 1.29 is 18.3 Å². The van der Waals surface area contributed by atoms with Crippen molar-refractivity contribution in [3.63, 3.8) is 0 Å². The maximum Gasteiger partial charge on any atom is 0.417 e. The van der Waals surface area contributed by atoms with E-state index in [0.29, 0.717) is 31.9 Å². The van der Waals surface area contributed by atoms with Crippen molar-refractivity contribution in [2.45, 2.75) is 37.5 Å². The summed E-state index contributed by atoms with van der Waals surface area (Å²) in [5.74, 6) is 0.493. The van der Waals surface area contributed by atoms with Crippen molar-refractivity contribution in [2.24, 2.45) is 0 Å². The highest BCUT2D eigenvalue weighted by Gasteiger charge is 2.38. The monoisotopic (exact) mass is 329 g/mol. The molecule has 0 unspecified atom stereocenters. The average Bonchev–Trinajstić information content (AvgIpc) is 2.89. The quantitative estimate of drug-likeness (QED) is 0.925. The minimum absolute atomic E-state index is 0.419. The van der Waals surface area contributed by atoms with Gasteiger partial charge in [-0.2, -0.15) is 13.2 Å². The van der Waals surface area contributed by atoms with Crippen LogP contribution in [0.1, 0.15) is 31.2 Å². The number of β-amino-alcohol motifs (C(OH)–C–C–N with tert-alkyl or cyclic N) is 1. The molecule has 1 N–H and O–H groups in total. The molecule has 2 aliphatic rings. The molecule has 4 nitrogen and oxygen atoms in total. The van der Waals surface area contributed by atoms with Crippen LogP contribution in [0, 0.1) is 0 Å². The molecule has 2 saturated heterocycles. The molecule has 0 spiro atoms. The minimum atomic E-state index is -4.37. The summed E-state index contributed by atoms with van der Waals surface area (Å²) in [4.78, 5) is 8.07. The minimum Gasteiger partial charge on any atom is -0.387 e. The molecule has 1 aromatic rings. The van der Waals surface area contributed by atoms with E-state index in [4.69, 9.17) is 0 Å². The van der Waals surface area contributed by atoms with E-state index in [2.05, 4.69) is 9.88 Å². The Kier molecular flexibility index (Phi) is 4.51. The first-order chi connectivity index (χ1) is 10.9. The van der Waals surface area contributed by atoms with Crippen LogP contribution in [0.4, 0.5) is 19.0 Å². The lowest BCUT2D eigenvalue weighted by atomic mass is 10.0. The number of aliphatic hydroxyl groups is 1. The van der Waals surface area contributed by atoms with E-state index in [0.717, 1.165) is 25.4 Å². The zero-order chi connectivity index (χ0) is 16.5. The predicted molar refractivity (Wildman–Crippen MR) is 81.3 cm³/mol. The second-order valence-corrected chi connectivity index (χ2v) is 6.64. The van der Waals surface area contributed by atoms with E-state index in [1.54, 1.807) is 0 Å². The molecule has 0 radical (unpaired) electrons. The average molecular weight is 329 g/mol. The molecular weight excluding hydrogens is 307 g/mol. The molecular formula is C16H22F3N3O. The number of alkyl halides is 3. The Morgan fingerprint density at radius 1 is 1.13 bits per heavy atom. The van der Waals surface area contributed by atoms with Crippen molar-refractivity contribution in [1.29, 1.82) is 0 Å². The summed E-state index contributed by atoms with van der Waals surface area (Å²) in [7, 11) is 0. The molecule has 0 saturated carbocycles. The van der Waals surface area contributed by atoms with Crippen molar-refractivity contribution in [2.75, 3.05) is 37.6 Å². The standard InChI is InChI=1S/C16H22F3N3O/c17-16(18,19)13-4-5-14(20-10-13)22-9-6-15(23,12-22)11-21-7-2-1-3-8-21/h4-5,10,23H,1-3,6-9,11-12H2/t15-/m0/s1. The van der Waals surface area contributed by atoms with E-state index >= 15 is 0 Å². The van der Waals surface area contributed by atoms with Crippen molar-refractivity contribution in [3.8, 4) is 0 Å². The van der Waals surface area contributed by atoms with Gasteiger partial charge in [-0.05, 0) is 44.5 Å². The number of likely N-dealkylation sites (tertiary alicyclic amines) is 1. The lowest BCUT2D eigenvalue weighted by Crippen LogP contribution is -2.46. The molecule has 1 aromatic heterocycles. The number of nitrogens with zero attached hydrogens (tertiary/aromatic N) is 3. The van der Waals surface area contributed by atoms with Gasteiger partial charge in [0.25, 0.3) is 0 Å². The smallest absolute Gasteiger partial charge is 0.387 e. The zero-order valence-electron chi connectivity index (χ0n) is 13.0. The number of aromatic nitrogens is 1. The van der Waals surface area contributed by atoms with Gasteiger partial charge >= 0.3 is 6.18 Å². The molecule has 2 aliphatic heterocycles. The fourth-order valence-electron chi connectivity index (χ4n) is 3.46. The van der Waals surface area contributed by atoms with Crippen LogP contribution in [0.15, 0.2) is 18.3 Å². The maximum atomic E-state index is 12.6. The topological polar surface area (TPSA) is 39.6 Å². The number of anilines is 1. The number of rotatable bonds is 3. The number of hydrogen-bond donors (Lipinski definition) is 1. The van der Waals surface area contributed by atoms with Crippen LogP contribution in [-0.2, 0) is 6.18 Å². The highest BCUT2D eigenvalue weighted by atomic mass is 19.4. The SMILES string of the molecule is O[C@]1(CN2CCCCC2)CCN(c2ccc(C(F)(F)F)cn2)C1. The molecule has 23 heavy (non-hydrogen) atoms. The van der Waals surface area contributed by atoms with Crippen molar-refractivity contribution in [1.82, 2.24) is 9.88 Å². The Morgan fingerprint density at radius 3 is 2.48 bits per heavy atom. The molecule has 0 aromatic carbocycles. The van der Waals surface area contributed by atoms with E-state index in [1.165, 1.54) is 25.3 Å². The summed E-state index contributed by atoms with van der Waals surface area (Å²) in [6, 6.07) is 2.43. The number of pyridine rings is 1. The van der Waals surface area contributed by atoms with Crippen LogP contribution in [-0.4, -0.2) is 53.3 Å². The van der Waals surface area contributed by atoms with Gasteiger partial charge in [-0.1, -0.05) is 6.42 Å². The molecule has 0 aliphatic carbocycles. The lowest BCUT2D eigenvalue weighted by molar-refractivity contribution is -0.137. The zero-order valence-corrected chi connectivity index (χ0v) is 13.0. The molecule has 128 valence electrons. The Hall–Kier alpha value is -1.34. The van der Waals surface area contributed by atoms with Gasteiger partial charge in [0.2, 0.25) is 0 Å². The Bertz CT molecular complexity index is 528. The number of hydrogen-bond acceptors (Lipinski definition) is 4. The second-order valence-electron chi connectivity index (χ2n) is 6.64. The van der Waals surface area contributed by atoms with Crippen LogP contribution < -0.4 is 4.90 Å². The van der Waals surface area contributed by atoms with E-state index < -0.39 is 17.3 Å². The molecule has 7 heteroatoms. The lowest BCUT2D eigenvalue weighted by Gasteiger charge is -2.33. The van der Waals surface area contributed by atoms with Crippen LogP contribution in [0.5, 0.6) is 0 Å². The summed E-state index contributed by atoms with van der Waals surface area (Å²) < 4.78 is 37.7. The molecule has 3 heterocycles. The number of piperidine rings is 1. The molecule has 2 fully saturated rings. The normalized spacial score (nSPS) is 26.7. The van der Waals surface area contributed by atoms with Crippen molar-refractivity contribution in [3.05, 3.63) is 23.9 Å². The third-order valence-corrected chi connectivity index (χ3v) is 4.70. The molecule has 0 amide bonds. The fraction of sp³-hybridized carbons (Fsp3) is 0.688. The summed E-state index contributed by atoms with van der Waals surface area (Å²) in [6.07, 6.45) is 0.687. The Morgan fingerprint density at radius 2 is 1.87 bits per heavy atom. The Labute approximate surface area is 133 Å².